The van der Waals surface area contributed by atoms with E-state index >= 15 is 0 Å². The predicted octanol–water partition coefficient (Wildman–Crippen LogP) is 2.27. The number of aryl methyl sites for hydroxylation is 1. The maximum absolute atomic E-state index is 11.9. The molecule has 4 heteroatoms. The zero-order valence-electron chi connectivity index (χ0n) is 7.41. The normalized spacial score (nSPS) is 19.9. The minimum atomic E-state index is -2.79. The van der Waals surface area contributed by atoms with Crippen molar-refractivity contribution >= 4 is 0 Å². The van der Waals surface area contributed by atoms with Crippen molar-refractivity contribution in [2.24, 2.45) is 0 Å². The van der Waals surface area contributed by atoms with Gasteiger partial charge in [-0.2, -0.15) is 8.78 Å². The monoisotopic (exact) mass is 200 g/mol. The summed E-state index contributed by atoms with van der Waals surface area (Å²) in [6, 6.07) is 4.67. The van der Waals surface area contributed by atoms with Crippen LogP contribution < -0.4 is 4.74 Å². The molecule has 0 heterocycles. The summed E-state index contributed by atoms with van der Waals surface area (Å²) >= 11 is 0. The van der Waals surface area contributed by atoms with Gasteiger partial charge in [0.2, 0.25) is 0 Å². The lowest BCUT2D eigenvalue weighted by molar-refractivity contribution is -0.0498. The Morgan fingerprint density at radius 3 is 2.93 bits per heavy atom. The van der Waals surface area contributed by atoms with E-state index in [1.54, 1.807) is 12.1 Å². The van der Waals surface area contributed by atoms with Gasteiger partial charge in [0.1, 0.15) is 5.75 Å². The number of ether oxygens (including phenoxy) is 1. The number of alkyl halides is 2. The average molecular weight is 200 g/mol. The van der Waals surface area contributed by atoms with Gasteiger partial charge in [0, 0.05) is 0 Å². The number of rotatable bonds is 2. The van der Waals surface area contributed by atoms with Gasteiger partial charge >= 0.3 is 6.61 Å². The summed E-state index contributed by atoms with van der Waals surface area (Å²) in [5.41, 5.74) is 1.72. The lowest BCUT2D eigenvalue weighted by Crippen LogP contribution is -2.02. The van der Waals surface area contributed by atoms with Crippen molar-refractivity contribution in [1.82, 2.24) is 0 Å². The highest BCUT2D eigenvalue weighted by molar-refractivity contribution is 5.39. The number of aliphatic hydroxyl groups is 1. The van der Waals surface area contributed by atoms with Crippen LogP contribution in [0.25, 0.3) is 0 Å². The molecule has 0 saturated carbocycles. The fourth-order valence-electron chi connectivity index (χ4n) is 1.75. The molecule has 0 fully saturated rings. The molecule has 1 aromatic rings. The quantitative estimate of drug-likeness (QED) is 0.793. The molecule has 1 N–H and O–H groups in total. The first-order chi connectivity index (χ1) is 6.66. The molecule has 1 aliphatic rings. The molecule has 0 aliphatic heterocycles. The minimum absolute atomic E-state index is 0.160. The predicted molar refractivity (Wildman–Crippen MR) is 46.4 cm³/mol. The number of fused-ring (bicyclic) bond motifs is 1. The number of hydrogen-bond acceptors (Lipinski definition) is 2. The molecular formula is C10H10F2O2. The van der Waals surface area contributed by atoms with Crippen molar-refractivity contribution < 1.29 is 18.6 Å². The number of hydrogen-bond donors (Lipinski definition) is 1. The second-order valence-corrected chi connectivity index (χ2v) is 3.29. The van der Waals surface area contributed by atoms with Crippen molar-refractivity contribution in [3.63, 3.8) is 0 Å². The Kier molecular flexibility index (Phi) is 2.37. The topological polar surface area (TPSA) is 29.5 Å². The van der Waals surface area contributed by atoms with E-state index in [0.29, 0.717) is 6.42 Å². The molecule has 0 aromatic heterocycles. The summed E-state index contributed by atoms with van der Waals surface area (Å²) in [6.45, 7) is -2.79. The van der Waals surface area contributed by atoms with E-state index in [9.17, 15) is 13.9 Å². The van der Waals surface area contributed by atoms with E-state index in [1.807, 2.05) is 0 Å². The first-order valence-electron chi connectivity index (χ1n) is 4.42. The highest BCUT2D eigenvalue weighted by Gasteiger charge is 2.20. The third-order valence-electron chi connectivity index (χ3n) is 2.39. The molecule has 0 bridgehead atoms. The van der Waals surface area contributed by atoms with Gasteiger partial charge in [0.15, 0.2) is 0 Å². The van der Waals surface area contributed by atoms with Crippen LogP contribution in [0.1, 0.15) is 23.7 Å². The van der Waals surface area contributed by atoms with E-state index in [2.05, 4.69) is 4.74 Å². The van der Waals surface area contributed by atoms with Gasteiger partial charge in [-0.15, -0.1) is 0 Å². The molecule has 2 rings (SSSR count). The average Bonchev–Trinajstić information content (AvgIpc) is 2.46. The highest BCUT2D eigenvalue weighted by atomic mass is 19.3. The van der Waals surface area contributed by atoms with E-state index < -0.39 is 12.7 Å². The molecule has 76 valence electrons. The Morgan fingerprint density at radius 2 is 2.21 bits per heavy atom. The summed E-state index contributed by atoms with van der Waals surface area (Å²) < 4.78 is 28.0. The molecule has 1 aliphatic carbocycles. The van der Waals surface area contributed by atoms with Crippen LogP contribution in [0.2, 0.25) is 0 Å². The van der Waals surface area contributed by atoms with Crippen molar-refractivity contribution in [1.29, 1.82) is 0 Å². The van der Waals surface area contributed by atoms with Gasteiger partial charge in [0.25, 0.3) is 0 Å². The molecule has 2 nitrogen and oxygen atoms in total. The first-order valence-corrected chi connectivity index (χ1v) is 4.42. The maximum Gasteiger partial charge on any atom is 0.387 e. The Bertz CT molecular complexity index is 339. The third kappa shape index (κ3) is 1.70. The SMILES string of the molecule is OC1CCc2cc(OC(F)F)ccc21. The van der Waals surface area contributed by atoms with E-state index in [4.69, 9.17) is 0 Å². The smallest absolute Gasteiger partial charge is 0.387 e. The van der Waals surface area contributed by atoms with E-state index in [0.717, 1.165) is 17.5 Å². The van der Waals surface area contributed by atoms with Crippen molar-refractivity contribution in [2.75, 3.05) is 0 Å². The van der Waals surface area contributed by atoms with E-state index in [-0.39, 0.29) is 5.75 Å². The summed E-state index contributed by atoms with van der Waals surface area (Å²) in [4.78, 5) is 0. The standard InChI is InChI=1S/C10H10F2O2/c11-10(12)14-7-2-3-8-6(5-7)1-4-9(8)13/h2-3,5,9-10,13H,1,4H2. The second kappa shape index (κ2) is 3.53. The molecule has 0 radical (unpaired) electrons. The zero-order valence-corrected chi connectivity index (χ0v) is 7.41. The molecule has 1 atom stereocenters. The van der Waals surface area contributed by atoms with Gasteiger partial charge < -0.3 is 9.84 Å². The number of benzene rings is 1. The fraction of sp³-hybridized carbons (Fsp3) is 0.400. The van der Waals surface area contributed by atoms with Crippen molar-refractivity contribution in [2.45, 2.75) is 25.6 Å². The van der Waals surface area contributed by atoms with E-state index in [1.165, 1.54) is 6.07 Å². The Labute approximate surface area is 80.1 Å². The lowest BCUT2D eigenvalue weighted by atomic mass is 10.1. The maximum atomic E-state index is 11.9. The summed E-state index contributed by atoms with van der Waals surface area (Å²) in [5.74, 6) is 0.160. The molecular weight excluding hydrogens is 190 g/mol. The van der Waals surface area contributed by atoms with Gasteiger partial charge in [-0.05, 0) is 36.1 Å². The highest BCUT2D eigenvalue weighted by Crippen LogP contribution is 2.33. The van der Waals surface area contributed by atoms with Crippen molar-refractivity contribution in [3.8, 4) is 5.75 Å². The Morgan fingerprint density at radius 1 is 1.43 bits per heavy atom. The van der Waals surface area contributed by atoms with Gasteiger partial charge in [-0.1, -0.05) is 6.07 Å². The third-order valence-corrected chi connectivity index (χ3v) is 2.39. The molecule has 1 unspecified atom stereocenters. The minimum Gasteiger partial charge on any atom is -0.435 e. The number of halogens is 2. The fourth-order valence-corrected chi connectivity index (χ4v) is 1.75. The van der Waals surface area contributed by atoms with Gasteiger partial charge in [-0.25, -0.2) is 0 Å². The summed E-state index contributed by atoms with van der Waals surface area (Å²) in [6.07, 6.45) is 0.926. The van der Waals surface area contributed by atoms with Crippen LogP contribution in [0.4, 0.5) is 8.78 Å². The molecule has 0 amide bonds. The van der Waals surface area contributed by atoms with Crippen LogP contribution in [0.3, 0.4) is 0 Å². The van der Waals surface area contributed by atoms with Gasteiger partial charge in [0.05, 0.1) is 6.10 Å². The second-order valence-electron chi connectivity index (χ2n) is 3.29. The van der Waals surface area contributed by atoms with Crippen LogP contribution in [-0.2, 0) is 6.42 Å². The lowest BCUT2D eigenvalue weighted by Gasteiger charge is -2.07. The molecule has 0 saturated heterocycles. The van der Waals surface area contributed by atoms with Crippen molar-refractivity contribution in [3.05, 3.63) is 29.3 Å². The number of aliphatic hydroxyl groups excluding tert-OH is 1. The largest absolute Gasteiger partial charge is 0.435 e. The molecule has 1 aromatic carbocycles. The molecule has 14 heavy (non-hydrogen) atoms. The van der Waals surface area contributed by atoms with Crippen LogP contribution in [0.15, 0.2) is 18.2 Å². The Balaban J connectivity index is 2.24. The Hall–Kier alpha value is -1.16. The van der Waals surface area contributed by atoms with Crippen LogP contribution in [0, 0.1) is 0 Å². The summed E-state index contributed by atoms with van der Waals surface area (Å²) in [7, 11) is 0. The zero-order chi connectivity index (χ0) is 10.1. The first kappa shape index (κ1) is 9.40. The van der Waals surface area contributed by atoms with Crippen LogP contribution >= 0.6 is 0 Å². The van der Waals surface area contributed by atoms with Crippen LogP contribution in [0.5, 0.6) is 5.75 Å². The van der Waals surface area contributed by atoms with Crippen LogP contribution in [-0.4, -0.2) is 11.7 Å². The summed E-state index contributed by atoms with van der Waals surface area (Å²) in [5, 5.41) is 9.47. The van der Waals surface area contributed by atoms with Gasteiger partial charge in [-0.3, -0.25) is 0 Å². The molecule has 0 spiro atoms.